The summed E-state index contributed by atoms with van der Waals surface area (Å²) in [6.45, 7) is 0.264. The minimum absolute atomic E-state index is 0.0897. The molecule has 5 heteroatoms. The first-order valence-corrected chi connectivity index (χ1v) is 4.41. The predicted octanol–water partition coefficient (Wildman–Crippen LogP) is 1.09. The molecule has 5 nitrogen and oxygen atoms in total. The van der Waals surface area contributed by atoms with Crippen molar-refractivity contribution in [2.75, 3.05) is 6.61 Å². The molecule has 0 bridgehead atoms. The van der Waals surface area contributed by atoms with Gasteiger partial charge in [-0.25, -0.2) is 0 Å². The highest BCUT2D eigenvalue weighted by Gasteiger charge is 2.05. The van der Waals surface area contributed by atoms with Crippen LogP contribution in [-0.2, 0) is 14.3 Å². The first-order valence-electron chi connectivity index (χ1n) is 4.41. The van der Waals surface area contributed by atoms with E-state index in [9.17, 15) is 9.59 Å². The van der Waals surface area contributed by atoms with E-state index in [-0.39, 0.29) is 19.4 Å². The van der Waals surface area contributed by atoms with Crippen LogP contribution >= 0.6 is 0 Å². The van der Waals surface area contributed by atoms with Crippen molar-refractivity contribution in [2.45, 2.75) is 32.1 Å². The molecule has 0 fully saturated rings. The summed E-state index contributed by atoms with van der Waals surface area (Å²) in [6, 6.07) is 1.98. The van der Waals surface area contributed by atoms with Crippen LogP contribution in [0.25, 0.3) is 0 Å². The van der Waals surface area contributed by atoms with E-state index in [2.05, 4.69) is 0 Å². The van der Waals surface area contributed by atoms with Gasteiger partial charge in [-0.1, -0.05) is 0 Å². The van der Waals surface area contributed by atoms with Crippen LogP contribution < -0.4 is 0 Å². The largest absolute Gasteiger partial charge is 0.481 e. The van der Waals surface area contributed by atoms with Gasteiger partial charge >= 0.3 is 11.9 Å². The molecule has 1 N–H and O–H groups in total. The van der Waals surface area contributed by atoms with Crippen molar-refractivity contribution in [1.29, 1.82) is 5.26 Å². The quantitative estimate of drug-likeness (QED) is 0.489. The highest BCUT2D eigenvalue weighted by atomic mass is 16.5. The number of hydrogen-bond donors (Lipinski definition) is 1. The molecular formula is C9H13NO4. The van der Waals surface area contributed by atoms with Gasteiger partial charge in [-0.05, 0) is 12.8 Å². The third kappa shape index (κ3) is 8.53. The van der Waals surface area contributed by atoms with Crippen LogP contribution in [0, 0.1) is 11.3 Å². The van der Waals surface area contributed by atoms with E-state index >= 15 is 0 Å². The topological polar surface area (TPSA) is 87.4 Å². The Morgan fingerprint density at radius 2 is 2.00 bits per heavy atom. The number of unbranched alkanes of at least 4 members (excludes halogenated alkanes) is 2. The number of nitriles is 1. The van der Waals surface area contributed by atoms with Gasteiger partial charge in [-0.15, -0.1) is 0 Å². The standard InChI is InChI=1S/C9H13NO4/c10-6-2-1-3-7-14-9(13)5-4-8(11)12/h1-5,7H2,(H,11,12). The molecule has 14 heavy (non-hydrogen) atoms. The second-order valence-electron chi connectivity index (χ2n) is 2.73. The Labute approximate surface area is 82.3 Å². The summed E-state index contributed by atoms with van der Waals surface area (Å²) in [5.41, 5.74) is 0. The van der Waals surface area contributed by atoms with Crippen molar-refractivity contribution in [3.8, 4) is 6.07 Å². The minimum Gasteiger partial charge on any atom is -0.481 e. The van der Waals surface area contributed by atoms with E-state index in [4.69, 9.17) is 15.1 Å². The molecule has 0 spiro atoms. The van der Waals surface area contributed by atoms with Crippen molar-refractivity contribution < 1.29 is 19.4 Å². The average molecular weight is 199 g/mol. The van der Waals surface area contributed by atoms with Crippen molar-refractivity contribution in [3.63, 3.8) is 0 Å². The predicted molar refractivity (Wildman–Crippen MR) is 47.3 cm³/mol. The second kappa shape index (κ2) is 8.05. The maximum absolute atomic E-state index is 10.8. The Balaban J connectivity index is 3.28. The molecule has 0 aromatic heterocycles. The lowest BCUT2D eigenvalue weighted by molar-refractivity contribution is -0.147. The fraction of sp³-hybridized carbons (Fsp3) is 0.667. The summed E-state index contributed by atoms with van der Waals surface area (Å²) in [6.07, 6.45) is 1.51. The highest BCUT2D eigenvalue weighted by molar-refractivity contribution is 5.76. The smallest absolute Gasteiger partial charge is 0.306 e. The summed E-state index contributed by atoms with van der Waals surface area (Å²) in [5.74, 6) is -1.50. The highest BCUT2D eigenvalue weighted by Crippen LogP contribution is 1.97. The minimum atomic E-state index is -1.01. The van der Waals surface area contributed by atoms with Gasteiger partial charge in [-0.2, -0.15) is 5.26 Å². The zero-order valence-corrected chi connectivity index (χ0v) is 7.86. The lowest BCUT2D eigenvalue weighted by Gasteiger charge is -2.01. The Kier molecular flexibility index (Phi) is 7.15. The van der Waals surface area contributed by atoms with Crippen molar-refractivity contribution in [2.24, 2.45) is 0 Å². The van der Waals surface area contributed by atoms with Crippen LogP contribution in [0.5, 0.6) is 0 Å². The van der Waals surface area contributed by atoms with Gasteiger partial charge in [0.1, 0.15) is 0 Å². The molecule has 0 aromatic carbocycles. The van der Waals surface area contributed by atoms with Gasteiger partial charge < -0.3 is 9.84 Å². The number of hydrogen-bond acceptors (Lipinski definition) is 4. The molecule has 0 aliphatic carbocycles. The van der Waals surface area contributed by atoms with Crippen LogP contribution in [-0.4, -0.2) is 23.7 Å². The lowest BCUT2D eigenvalue weighted by atomic mass is 10.2. The molecule has 0 aliphatic rings. The number of carboxylic acids is 1. The van der Waals surface area contributed by atoms with Gasteiger partial charge in [0.25, 0.3) is 0 Å². The number of carbonyl (C=O) groups is 2. The molecule has 0 atom stereocenters. The lowest BCUT2D eigenvalue weighted by Crippen LogP contribution is -2.08. The molecule has 0 amide bonds. The first kappa shape index (κ1) is 12.4. The van der Waals surface area contributed by atoms with Crippen LogP contribution in [0.3, 0.4) is 0 Å². The van der Waals surface area contributed by atoms with E-state index in [0.717, 1.165) is 0 Å². The maximum atomic E-state index is 10.8. The van der Waals surface area contributed by atoms with Gasteiger partial charge in [0.2, 0.25) is 0 Å². The third-order valence-electron chi connectivity index (χ3n) is 1.49. The van der Waals surface area contributed by atoms with E-state index in [1.165, 1.54) is 0 Å². The fourth-order valence-corrected chi connectivity index (χ4v) is 0.773. The summed E-state index contributed by atoms with van der Waals surface area (Å²) >= 11 is 0. The van der Waals surface area contributed by atoms with E-state index in [1.54, 1.807) is 0 Å². The van der Waals surface area contributed by atoms with Gasteiger partial charge in [0.15, 0.2) is 0 Å². The molecule has 0 saturated carbocycles. The van der Waals surface area contributed by atoms with E-state index in [0.29, 0.717) is 19.3 Å². The summed E-state index contributed by atoms with van der Waals surface area (Å²) in [7, 11) is 0. The fourth-order valence-electron chi connectivity index (χ4n) is 0.773. The molecular weight excluding hydrogens is 186 g/mol. The summed E-state index contributed by atoms with van der Waals surface area (Å²) in [5, 5.41) is 16.5. The Bertz CT molecular complexity index is 231. The number of aliphatic carboxylic acids is 1. The van der Waals surface area contributed by atoms with Crippen molar-refractivity contribution in [1.82, 2.24) is 0 Å². The summed E-state index contributed by atoms with van der Waals surface area (Å²) < 4.78 is 4.73. The molecule has 0 saturated heterocycles. The number of esters is 1. The average Bonchev–Trinajstić information content (AvgIpc) is 2.14. The van der Waals surface area contributed by atoms with Crippen LogP contribution in [0.1, 0.15) is 32.1 Å². The van der Waals surface area contributed by atoms with Crippen molar-refractivity contribution >= 4 is 11.9 Å². The van der Waals surface area contributed by atoms with Gasteiger partial charge in [-0.3, -0.25) is 9.59 Å². The second-order valence-corrected chi connectivity index (χ2v) is 2.73. The monoisotopic (exact) mass is 199 g/mol. The zero-order valence-electron chi connectivity index (χ0n) is 7.86. The van der Waals surface area contributed by atoms with Crippen LogP contribution in [0.15, 0.2) is 0 Å². The Morgan fingerprint density at radius 3 is 2.57 bits per heavy atom. The van der Waals surface area contributed by atoms with E-state index in [1.807, 2.05) is 6.07 Å². The van der Waals surface area contributed by atoms with Crippen molar-refractivity contribution in [3.05, 3.63) is 0 Å². The van der Waals surface area contributed by atoms with Gasteiger partial charge in [0, 0.05) is 6.42 Å². The number of carboxylic acid groups (broad SMARTS) is 1. The molecule has 0 heterocycles. The van der Waals surface area contributed by atoms with Gasteiger partial charge in [0.05, 0.1) is 25.5 Å². The maximum Gasteiger partial charge on any atom is 0.306 e. The van der Waals surface area contributed by atoms with E-state index < -0.39 is 11.9 Å². The third-order valence-corrected chi connectivity index (χ3v) is 1.49. The number of rotatable bonds is 7. The molecule has 78 valence electrons. The van der Waals surface area contributed by atoms with Crippen LogP contribution in [0.2, 0.25) is 0 Å². The number of ether oxygens (including phenoxy) is 1. The first-order chi connectivity index (χ1) is 6.66. The zero-order chi connectivity index (χ0) is 10.8. The number of carbonyl (C=O) groups excluding carboxylic acids is 1. The molecule has 0 unspecified atom stereocenters. The number of nitrogens with zero attached hydrogens (tertiary/aromatic N) is 1. The van der Waals surface area contributed by atoms with Crippen LogP contribution in [0.4, 0.5) is 0 Å². The molecule has 0 aliphatic heterocycles. The normalized spacial score (nSPS) is 9.07. The Morgan fingerprint density at radius 1 is 1.29 bits per heavy atom. The summed E-state index contributed by atoms with van der Waals surface area (Å²) in [4.78, 5) is 20.9. The Hall–Kier alpha value is -1.57. The molecule has 0 rings (SSSR count). The molecule has 0 aromatic rings. The molecule has 0 radical (unpaired) electrons. The SMILES string of the molecule is N#CCCCCOC(=O)CCC(=O)O.